The highest BCUT2D eigenvalue weighted by Gasteiger charge is 2.35. The zero-order chi connectivity index (χ0) is 14.1. The molecule has 3 rings (SSSR count). The molecule has 2 fully saturated rings. The maximum absolute atomic E-state index is 5.80. The Bertz CT molecular complexity index is 442. The van der Waals surface area contributed by atoms with Gasteiger partial charge in [0.05, 0.1) is 0 Å². The molecule has 2 heterocycles. The molecule has 0 bridgehead atoms. The van der Waals surface area contributed by atoms with Crippen molar-refractivity contribution in [2.24, 2.45) is 0 Å². The van der Waals surface area contributed by atoms with E-state index in [1.54, 1.807) is 0 Å². The van der Waals surface area contributed by atoms with Crippen LogP contribution < -0.4 is 5.73 Å². The first-order valence-electron chi connectivity index (χ1n) is 8.00. The van der Waals surface area contributed by atoms with Crippen molar-refractivity contribution in [3.05, 3.63) is 29.8 Å². The number of fused-ring (bicyclic) bond motifs is 1. The van der Waals surface area contributed by atoms with E-state index >= 15 is 0 Å². The zero-order valence-corrected chi connectivity index (χ0v) is 12.8. The van der Waals surface area contributed by atoms with Gasteiger partial charge in [-0.2, -0.15) is 0 Å². The molecule has 1 aromatic carbocycles. The van der Waals surface area contributed by atoms with E-state index in [2.05, 4.69) is 35.8 Å². The summed E-state index contributed by atoms with van der Waals surface area (Å²) in [6, 6.07) is 10.3. The number of piperazine rings is 1. The van der Waals surface area contributed by atoms with Gasteiger partial charge in [0.2, 0.25) is 0 Å². The molecule has 20 heavy (non-hydrogen) atoms. The van der Waals surface area contributed by atoms with Gasteiger partial charge < -0.3 is 5.73 Å². The lowest BCUT2D eigenvalue weighted by Gasteiger charge is -2.49. The normalized spacial score (nSPS) is 29.9. The van der Waals surface area contributed by atoms with Crippen molar-refractivity contribution >= 4 is 5.69 Å². The molecule has 0 aromatic heterocycles. The standard InChI is InChI=1S/C17H27N3/c1-13-11-19-10-4-3-5-17(19)12-20(13)14(2)15-6-8-16(18)9-7-15/h6-9,13-14,17H,3-5,10-12,18H2,1-2H3. The highest BCUT2D eigenvalue weighted by molar-refractivity contribution is 5.40. The molecule has 110 valence electrons. The van der Waals surface area contributed by atoms with Crippen molar-refractivity contribution in [2.75, 3.05) is 25.4 Å². The number of nitrogen functional groups attached to an aromatic ring is 1. The monoisotopic (exact) mass is 273 g/mol. The molecule has 0 aliphatic carbocycles. The lowest BCUT2D eigenvalue weighted by atomic mass is 9.94. The Hall–Kier alpha value is -1.06. The van der Waals surface area contributed by atoms with E-state index in [9.17, 15) is 0 Å². The maximum atomic E-state index is 5.80. The predicted molar refractivity (Wildman–Crippen MR) is 84.6 cm³/mol. The number of hydrogen-bond donors (Lipinski definition) is 1. The van der Waals surface area contributed by atoms with E-state index in [0.717, 1.165) is 11.7 Å². The van der Waals surface area contributed by atoms with E-state index < -0.39 is 0 Å². The lowest BCUT2D eigenvalue weighted by Crippen LogP contribution is -2.58. The third-order valence-corrected chi connectivity index (χ3v) is 5.15. The van der Waals surface area contributed by atoms with E-state index in [1.165, 1.54) is 44.5 Å². The van der Waals surface area contributed by atoms with Crippen LogP contribution in [0.15, 0.2) is 24.3 Å². The largest absolute Gasteiger partial charge is 0.399 e. The van der Waals surface area contributed by atoms with E-state index in [0.29, 0.717) is 12.1 Å². The second-order valence-electron chi connectivity index (χ2n) is 6.53. The van der Waals surface area contributed by atoms with Crippen molar-refractivity contribution in [1.82, 2.24) is 9.80 Å². The van der Waals surface area contributed by atoms with Crippen LogP contribution in [0, 0.1) is 0 Å². The highest BCUT2D eigenvalue weighted by atomic mass is 15.3. The highest BCUT2D eigenvalue weighted by Crippen LogP contribution is 2.30. The lowest BCUT2D eigenvalue weighted by molar-refractivity contribution is -0.00459. The first-order chi connectivity index (χ1) is 9.65. The van der Waals surface area contributed by atoms with Crippen LogP contribution in [0.1, 0.15) is 44.7 Å². The van der Waals surface area contributed by atoms with Crippen molar-refractivity contribution in [3.63, 3.8) is 0 Å². The molecule has 2 N–H and O–H groups in total. The molecule has 0 amide bonds. The minimum Gasteiger partial charge on any atom is -0.399 e. The van der Waals surface area contributed by atoms with Gasteiger partial charge >= 0.3 is 0 Å². The summed E-state index contributed by atoms with van der Waals surface area (Å²) in [5, 5.41) is 0. The van der Waals surface area contributed by atoms with Crippen LogP contribution in [0.5, 0.6) is 0 Å². The van der Waals surface area contributed by atoms with Crippen LogP contribution in [0.4, 0.5) is 5.69 Å². The Labute approximate surface area is 122 Å². The molecule has 3 atom stereocenters. The first-order valence-corrected chi connectivity index (χ1v) is 8.00. The van der Waals surface area contributed by atoms with Gasteiger partial charge in [-0.1, -0.05) is 18.6 Å². The number of nitrogens with zero attached hydrogens (tertiary/aromatic N) is 2. The SMILES string of the molecule is CC1CN2CCCCC2CN1C(C)c1ccc(N)cc1. The van der Waals surface area contributed by atoms with E-state index in [-0.39, 0.29) is 0 Å². The number of hydrogen-bond acceptors (Lipinski definition) is 3. The quantitative estimate of drug-likeness (QED) is 0.841. The second-order valence-corrected chi connectivity index (χ2v) is 6.53. The summed E-state index contributed by atoms with van der Waals surface area (Å²) in [7, 11) is 0. The molecular weight excluding hydrogens is 246 g/mol. The Kier molecular flexibility index (Phi) is 3.99. The summed E-state index contributed by atoms with van der Waals surface area (Å²) in [5.74, 6) is 0. The molecule has 3 unspecified atom stereocenters. The molecule has 3 heteroatoms. The molecule has 3 nitrogen and oxygen atoms in total. The van der Waals surface area contributed by atoms with Gasteiger partial charge in [-0.3, -0.25) is 9.80 Å². The van der Waals surface area contributed by atoms with Crippen molar-refractivity contribution in [1.29, 1.82) is 0 Å². The molecule has 0 saturated carbocycles. The van der Waals surface area contributed by atoms with E-state index in [1.807, 2.05) is 12.1 Å². The Balaban J connectivity index is 1.73. The minimum absolute atomic E-state index is 0.481. The minimum atomic E-state index is 0.481. The summed E-state index contributed by atoms with van der Waals surface area (Å²) >= 11 is 0. The smallest absolute Gasteiger partial charge is 0.0323 e. The second kappa shape index (κ2) is 5.74. The van der Waals surface area contributed by atoms with Crippen LogP contribution in [0.3, 0.4) is 0 Å². The summed E-state index contributed by atoms with van der Waals surface area (Å²) in [6.07, 6.45) is 4.16. The molecule has 0 radical (unpaired) electrons. The van der Waals surface area contributed by atoms with Gasteiger partial charge in [-0.25, -0.2) is 0 Å². The van der Waals surface area contributed by atoms with Crippen LogP contribution >= 0.6 is 0 Å². The van der Waals surface area contributed by atoms with Crippen LogP contribution in [0.25, 0.3) is 0 Å². The topological polar surface area (TPSA) is 32.5 Å². The number of benzene rings is 1. The number of anilines is 1. The van der Waals surface area contributed by atoms with Crippen LogP contribution in [-0.4, -0.2) is 41.5 Å². The zero-order valence-electron chi connectivity index (χ0n) is 12.8. The number of rotatable bonds is 2. The van der Waals surface area contributed by atoms with Gasteiger partial charge in [0.25, 0.3) is 0 Å². The van der Waals surface area contributed by atoms with Crippen molar-refractivity contribution in [2.45, 2.75) is 51.2 Å². The van der Waals surface area contributed by atoms with Crippen LogP contribution in [-0.2, 0) is 0 Å². The fraction of sp³-hybridized carbons (Fsp3) is 0.647. The van der Waals surface area contributed by atoms with Gasteiger partial charge in [0.15, 0.2) is 0 Å². The Morgan fingerprint density at radius 3 is 2.65 bits per heavy atom. The van der Waals surface area contributed by atoms with Crippen molar-refractivity contribution < 1.29 is 0 Å². The maximum Gasteiger partial charge on any atom is 0.0323 e. The van der Waals surface area contributed by atoms with Gasteiger partial charge in [-0.15, -0.1) is 0 Å². The first kappa shape index (κ1) is 13.9. The molecule has 2 aliphatic heterocycles. The van der Waals surface area contributed by atoms with Crippen molar-refractivity contribution in [3.8, 4) is 0 Å². The van der Waals surface area contributed by atoms with Gasteiger partial charge in [-0.05, 0) is 50.9 Å². The van der Waals surface area contributed by atoms with Gasteiger partial charge in [0, 0.05) is 36.9 Å². The summed E-state index contributed by atoms with van der Waals surface area (Å²) in [6.45, 7) is 8.45. The molecular formula is C17H27N3. The average Bonchev–Trinajstić information content (AvgIpc) is 2.46. The Morgan fingerprint density at radius 2 is 1.90 bits per heavy atom. The molecule has 2 aliphatic rings. The number of piperidine rings is 1. The van der Waals surface area contributed by atoms with Crippen LogP contribution in [0.2, 0.25) is 0 Å². The third kappa shape index (κ3) is 2.70. The third-order valence-electron chi connectivity index (χ3n) is 5.15. The predicted octanol–water partition coefficient (Wildman–Crippen LogP) is 2.89. The van der Waals surface area contributed by atoms with E-state index in [4.69, 9.17) is 5.73 Å². The number of nitrogens with two attached hydrogens (primary N) is 1. The summed E-state index contributed by atoms with van der Waals surface area (Å²) < 4.78 is 0. The molecule has 2 saturated heterocycles. The molecule has 0 spiro atoms. The average molecular weight is 273 g/mol. The Morgan fingerprint density at radius 1 is 1.15 bits per heavy atom. The van der Waals surface area contributed by atoms with Gasteiger partial charge in [0.1, 0.15) is 0 Å². The molecule has 1 aromatic rings. The fourth-order valence-corrected chi connectivity index (χ4v) is 3.88. The summed E-state index contributed by atoms with van der Waals surface area (Å²) in [5.41, 5.74) is 8.04. The summed E-state index contributed by atoms with van der Waals surface area (Å²) in [4.78, 5) is 5.39. The fourth-order valence-electron chi connectivity index (χ4n) is 3.88.